The van der Waals surface area contributed by atoms with Crippen LogP contribution in [0.1, 0.15) is 0 Å². The van der Waals surface area contributed by atoms with E-state index in [9.17, 15) is 0 Å². The maximum absolute atomic E-state index is 6.51. The first-order valence-electron chi connectivity index (χ1n) is 20.6. The first kappa shape index (κ1) is 34.1. The number of hydrogen-bond donors (Lipinski definition) is 0. The molecule has 0 fully saturated rings. The van der Waals surface area contributed by atoms with E-state index in [1.807, 2.05) is 6.07 Å². The quantitative estimate of drug-likeness (QED) is 0.157. The van der Waals surface area contributed by atoms with Crippen LogP contribution in [-0.4, -0.2) is 0 Å². The molecule has 2 nitrogen and oxygen atoms in total. The van der Waals surface area contributed by atoms with Gasteiger partial charge in [-0.1, -0.05) is 188 Å². The first-order valence-corrected chi connectivity index (χ1v) is 20.6. The normalized spacial score (nSPS) is 11.7. The standard InChI is InChI=1S/C58H37NO/c1-3-15-44-38(13-1)31-32-42-37-43(34-35-47(42)44)49-18-6-9-23-54(49)59(55-24-12-26-57-58(55)52-19-7-10-25-56(52)60-57)53-22-8-5-17-48(53)41-29-27-40(28-30-41)46-20-11-21-50-45-16-4-2-14-39(45)33-36-51(46)50/h1-37H. The van der Waals surface area contributed by atoms with E-state index in [1.54, 1.807) is 0 Å². The number of para-hydroxylation sites is 3. The summed E-state index contributed by atoms with van der Waals surface area (Å²) in [4.78, 5) is 2.45. The molecule has 280 valence electrons. The Morgan fingerprint density at radius 3 is 1.50 bits per heavy atom. The molecule has 0 unspecified atom stereocenters. The summed E-state index contributed by atoms with van der Waals surface area (Å²) >= 11 is 0. The molecular weight excluding hydrogens is 727 g/mol. The first-order chi connectivity index (χ1) is 29.8. The molecule has 12 rings (SSSR count). The van der Waals surface area contributed by atoms with Gasteiger partial charge in [-0.25, -0.2) is 0 Å². The highest BCUT2D eigenvalue weighted by atomic mass is 16.3. The lowest BCUT2D eigenvalue weighted by Gasteiger charge is -2.30. The van der Waals surface area contributed by atoms with Crippen LogP contribution >= 0.6 is 0 Å². The largest absolute Gasteiger partial charge is 0.456 e. The van der Waals surface area contributed by atoms with Gasteiger partial charge in [-0.15, -0.1) is 0 Å². The van der Waals surface area contributed by atoms with Crippen LogP contribution in [0, 0.1) is 0 Å². The molecule has 12 aromatic rings. The Morgan fingerprint density at radius 1 is 0.267 bits per heavy atom. The highest BCUT2D eigenvalue weighted by Gasteiger charge is 2.24. The van der Waals surface area contributed by atoms with Gasteiger partial charge in [0.15, 0.2) is 0 Å². The zero-order chi connectivity index (χ0) is 39.6. The molecule has 0 aliphatic carbocycles. The molecule has 0 spiro atoms. The smallest absolute Gasteiger partial charge is 0.137 e. The third kappa shape index (κ3) is 5.50. The van der Waals surface area contributed by atoms with E-state index in [0.29, 0.717) is 0 Å². The maximum atomic E-state index is 6.51. The van der Waals surface area contributed by atoms with Crippen molar-refractivity contribution in [2.75, 3.05) is 4.90 Å². The molecule has 0 aliphatic rings. The molecule has 1 heterocycles. The minimum atomic E-state index is 0.860. The van der Waals surface area contributed by atoms with Gasteiger partial charge < -0.3 is 9.32 Å². The van der Waals surface area contributed by atoms with Crippen LogP contribution in [0.2, 0.25) is 0 Å². The lowest BCUT2D eigenvalue weighted by molar-refractivity contribution is 0.669. The van der Waals surface area contributed by atoms with Crippen molar-refractivity contribution in [3.8, 4) is 33.4 Å². The minimum absolute atomic E-state index is 0.860. The van der Waals surface area contributed by atoms with Gasteiger partial charge in [0.25, 0.3) is 0 Å². The number of nitrogens with zero attached hydrogens (tertiary/aromatic N) is 1. The van der Waals surface area contributed by atoms with Crippen molar-refractivity contribution in [2.24, 2.45) is 0 Å². The number of benzene rings is 11. The lowest BCUT2D eigenvalue weighted by Crippen LogP contribution is -2.12. The number of furan rings is 1. The van der Waals surface area contributed by atoms with Crippen LogP contribution in [0.4, 0.5) is 17.1 Å². The van der Waals surface area contributed by atoms with E-state index < -0.39 is 0 Å². The Kier molecular flexibility index (Phi) is 7.89. The predicted molar refractivity (Wildman–Crippen MR) is 255 cm³/mol. The highest BCUT2D eigenvalue weighted by molar-refractivity contribution is 6.15. The number of hydrogen-bond acceptors (Lipinski definition) is 2. The van der Waals surface area contributed by atoms with E-state index in [0.717, 1.165) is 61.3 Å². The van der Waals surface area contributed by atoms with Gasteiger partial charge in [-0.05, 0) is 102 Å². The molecule has 60 heavy (non-hydrogen) atoms. The summed E-state index contributed by atoms with van der Waals surface area (Å²) in [7, 11) is 0. The number of fused-ring (bicyclic) bond motifs is 9. The molecule has 0 bridgehead atoms. The van der Waals surface area contributed by atoms with Crippen LogP contribution < -0.4 is 4.90 Å². The van der Waals surface area contributed by atoms with Gasteiger partial charge in [0.2, 0.25) is 0 Å². The molecule has 2 heteroatoms. The van der Waals surface area contributed by atoms with E-state index >= 15 is 0 Å². The molecule has 0 radical (unpaired) electrons. The Morgan fingerprint density at radius 2 is 0.733 bits per heavy atom. The van der Waals surface area contributed by atoms with Crippen molar-refractivity contribution in [1.29, 1.82) is 0 Å². The molecule has 11 aromatic carbocycles. The molecule has 0 atom stereocenters. The second-order valence-corrected chi connectivity index (χ2v) is 15.6. The van der Waals surface area contributed by atoms with Crippen LogP contribution in [-0.2, 0) is 0 Å². The zero-order valence-corrected chi connectivity index (χ0v) is 32.7. The summed E-state index contributed by atoms with van der Waals surface area (Å²) in [6, 6.07) is 81.3. The van der Waals surface area contributed by atoms with Crippen molar-refractivity contribution < 1.29 is 4.42 Å². The van der Waals surface area contributed by atoms with Crippen molar-refractivity contribution in [3.63, 3.8) is 0 Å². The molecule has 0 aliphatic heterocycles. The van der Waals surface area contributed by atoms with Crippen LogP contribution in [0.25, 0.3) is 98.4 Å². The molecular formula is C58H37NO. The Labute approximate surface area is 347 Å². The summed E-state index contributed by atoms with van der Waals surface area (Å²) in [5, 5.41) is 12.2. The third-order valence-electron chi connectivity index (χ3n) is 12.3. The molecule has 1 aromatic heterocycles. The zero-order valence-electron chi connectivity index (χ0n) is 32.7. The minimum Gasteiger partial charge on any atom is -0.456 e. The summed E-state index contributed by atoms with van der Waals surface area (Å²) < 4.78 is 6.51. The monoisotopic (exact) mass is 763 g/mol. The summed E-state index contributed by atoms with van der Waals surface area (Å²) in [6.45, 7) is 0. The van der Waals surface area contributed by atoms with Gasteiger partial charge in [0.1, 0.15) is 11.2 Å². The van der Waals surface area contributed by atoms with E-state index in [1.165, 1.54) is 54.2 Å². The second kappa shape index (κ2) is 13.9. The van der Waals surface area contributed by atoms with Crippen molar-refractivity contribution >= 4 is 82.1 Å². The molecule has 0 amide bonds. The highest BCUT2D eigenvalue weighted by Crippen LogP contribution is 2.49. The lowest BCUT2D eigenvalue weighted by atomic mass is 9.93. The van der Waals surface area contributed by atoms with E-state index in [4.69, 9.17) is 4.42 Å². The Bertz CT molecular complexity index is 3610. The van der Waals surface area contributed by atoms with Gasteiger partial charge in [0.05, 0.1) is 22.4 Å². The van der Waals surface area contributed by atoms with Crippen LogP contribution in [0.3, 0.4) is 0 Å². The summed E-state index contributed by atoms with van der Waals surface area (Å²) in [5.41, 5.74) is 12.0. The van der Waals surface area contributed by atoms with Crippen molar-refractivity contribution in [2.45, 2.75) is 0 Å². The summed E-state index contributed by atoms with van der Waals surface area (Å²) in [6.07, 6.45) is 0. The van der Waals surface area contributed by atoms with Crippen molar-refractivity contribution in [1.82, 2.24) is 0 Å². The van der Waals surface area contributed by atoms with E-state index in [-0.39, 0.29) is 0 Å². The fourth-order valence-electron chi connectivity index (χ4n) is 9.46. The van der Waals surface area contributed by atoms with Crippen LogP contribution in [0.15, 0.2) is 229 Å². The van der Waals surface area contributed by atoms with Gasteiger partial charge in [-0.3, -0.25) is 0 Å². The second-order valence-electron chi connectivity index (χ2n) is 15.6. The average Bonchev–Trinajstić information content (AvgIpc) is 3.71. The van der Waals surface area contributed by atoms with Crippen LogP contribution in [0.5, 0.6) is 0 Å². The van der Waals surface area contributed by atoms with Gasteiger partial charge in [-0.2, -0.15) is 0 Å². The van der Waals surface area contributed by atoms with Gasteiger partial charge >= 0.3 is 0 Å². The fraction of sp³-hybridized carbons (Fsp3) is 0. The van der Waals surface area contributed by atoms with Crippen molar-refractivity contribution in [3.05, 3.63) is 224 Å². The molecule has 0 N–H and O–H groups in total. The average molecular weight is 764 g/mol. The van der Waals surface area contributed by atoms with Gasteiger partial charge in [0, 0.05) is 16.5 Å². The predicted octanol–water partition coefficient (Wildman–Crippen LogP) is 16.7. The topological polar surface area (TPSA) is 16.4 Å². The fourth-order valence-corrected chi connectivity index (χ4v) is 9.46. The number of anilines is 3. The molecule has 0 saturated carbocycles. The Hall–Kier alpha value is -7.94. The molecule has 0 saturated heterocycles. The summed E-state index contributed by atoms with van der Waals surface area (Å²) in [5.74, 6) is 0. The maximum Gasteiger partial charge on any atom is 0.137 e. The third-order valence-corrected chi connectivity index (χ3v) is 12.3. The number of rotatable bonds is 6. The van der Waals surface area contributed by atoms with E-state index in [2.05, 4.69) is 223 Å². The SMILES string of the molecule is c1ccc(N(c2ccccc2-c2ccc3c(ccc4ccccc43)c2)c2cccc3oc4ccccc4c23)c(-c2ccc(-c3cccc4c3ccc3ccccc34)cc2)c1. The Balaban J connectivity index is 1.05.